The number of halogens is 3. The third-order valence-corrected chi connectivity index (χ3v) is 3.38. The zero-order chi connectivity index (χ0) is 15.1. The minimum atomic E-state index is -4.67. The smallest absolute Gasteiger partial charge is 0.418 e. The minimum Gasteiger partial charge on any atom is -0.478 e. The highest BCUT2D eigenvalue weighted by molar-refractivity contribution is 5.89. The number of carbonyl (C=O) groups is 1. The molecule has 1 aromatic rings. The lowest BCUT2D eigenvalue weighted by molar-refractivity contribution is -0.138. The maximum Gasteiger partial charge on any atom is 0.418 e. The number of alkyl halides is 3. The van der Waals surface area contributed by atoms with Crippen molar-refractivity contribution in [2.45, 2.75) is 51.1 Å². The van der Waals surface area contributed by atoms with E-state index < -0.39 is 23.3 Å². The Morgan fingerprint density at radius 3 is 2.55 bits per heavy atom. The summed E-state index contributed by atoms with van der Waals surface area (Å²) in [5, 5.41) is 8.84. The molecule has 112 valence electrons. The third-order valence-electron chi connectivity index (χ3n) is 3.38. The Kier molecular flexibility index (Phi) is 3.58. The highest BCUT2D eigenvalue weighted by Crippen LogP contribution is 2.34. The van der Waals surface area contributed by atoms with Crippen molar-refractivity contribution < 1.29 is 27.8 Å². The van der Waals surface area contributed by atoms with Gasteiger partial charge in [0.25, 0.3) is 0 Å². The highest BCUT2D eigenvalue weighted by Gasteiger charge is 2.38. The molecule has 1 fully saturated rings. The summed E-state index contributed by atoms with van der Waals surface area (Å²) in [6, 6.07) is 0. The van der Waals surface area contributed by atoms with Crippen LogP contribution in [0.1, 0.15) is 42.6 Å². The van der Waals surface area contributed by atoms with Gasteiger partial charge in [-0.15, -0.1) is 0 Å². The summed E-state index contributed by atoms with van der Waals surface area (Å²) >= 11 is 0. The van der Waals surface area contributed by atoms with Crippen LogP contribution >= 0.6 is 0 Å². The predicted molar refractivity (Wildman–Crippen MR) is 64.6 cm³/mol. The Morgan fingerprint density at radius 2 is 2.15 bits per heavy atom. The summed E-state index contributed by atoms with van der Waals surface area (Å²) in [4.78, 5) is 10.9. The molecule has 1 N–H and O–H groups in total. The van der Waals surface area contributed by atoms with Gasteiger partial charge >= 0.3 is 12.1 Å². The van der Waals surface area contributed by atoms with Crippen molar-refractivity contribution in [2.75, 3.05) is 0 Å². The second-order valence-electron chi connectivity index (χ2n) is 5.62. The average Bonchev–Trinajstić information content (AvgIpc) is 2.82. The summed E-state index contributed by atoms with van der Waals surface area (Å²) in [6.45, 7) is 4.07. The Balaban J connectivity index is 2.20. The van der Waals surface area contributed by atoms with Crippen LogP contribution in [0.4, 0.5) is 13.2 Å². The molecular formula is C13H16F3NO3. The molecule has 7 heteroatoms. The maximum atomic E-state index is 12.8. The first-order valence-electron chi connectivity index (χ1n) is 6.26. The molecule has 1 aliphatic rings. The van der Waals surface area contributed by atoms with E-state index in [9.17, 15) is 18.0 Å². The Bertz CT molecular complexity index is 519. The summed E-state index contributed by atoms with van der Waals surface area (Å²) in [6.07, 6.45) is -1.45. The molecule has 20 heavy (non-hydrogen) atoms. The van der Waals surface area contributed by atoms with E-state index in [-0.39, 0.29) is 18.2 Å². The molecule has 0 bridgehead atoms. The first kappa shape index (κ1) is 14.9. The average molecular weight is 291 g/mol. The molecule has 0 amide bonds. The van der Waals surface area contributed by atoms with E-state index in [1.165, 1.54) is 4.57 Å². The van der Waals surface area contributed by atoms with Gasteiger partial charge in [-0.3, -0.25) is 0 Å². The van der Waals surface area contributed by atoms with Crippen molar-refractivity contribution >= 4 is 5.97 Å². The lowest BCUT2D eigenvalue weighted by Crippen LogP contribution is -2.22. The number of hydrogen-bond acceptors (Lipinski definition) is 2. The Hall–Kier alpha value is -1.50. The number of ether oxygens (including phenoxy) is 1. The lowest BCUT2D eigenvalue weighted by atomic mass is 10.1. The minimum absolute atomic E-state index is 0.194. The quantitative estimate of drug-likeness (QED) is 0.930. The van der Waals surface area contributed by atoms with E-state index in [1.54, 1.807) is 0 Å². The number of carboxylic acid groups (broad SMARTS) is 1. The zero-order valence-electron chi connectivity index (χ0n) is 11.2. The molecule has 0 radical (unpaired) electrons. The van der Waals surface area contributed by atoms with Gasteiger partial charge in [-0.1, -0.05) is 0 Å². The van der Waals surface area contributed by atoms with Crippen LogP contribution in [0.2, 0.25) is 0 Å². The molecule has 1 saturated heterocycles. The van der Waals surface area contributed by atoms with Crippen LogP contribution in [0.5, 0.6) is 0 Å². The van der Waals surface area contributed by atoms with Crippen LogP contribution < -0.4 is 0 Å². The first-order valence-corrected chi connectivity index (χ1v) is 6.26. The molecule has 1 atom stereocenters. The van der Waals surface area contributed by atoms with Gasteiger partial charge in [-0.05, 0) is 26.7 Å². The van der Waals surface area contributed by atoms with Crippen molar-refractivity contribution in [2.24, 2.45) is 0 Å². The van der Waals surface area contributed by atoms with Crippen LogP contribution in [0, 0.1) is 0 Å². The van der Waals surface area contributed by atoms with Crippen LogP contribution in [0.15, 0.2) is 12.4 Å². The van der Waals surface area contributed by atoms with Gasteiger partial charge in [-0.25, -0.2) is 4.79 Å². The van der Waals surface area contributed by atoms with Crippen LogP contribution in [0.3, 0.4) is 0 Å². The predicted octanol–water partition coefficient (Wildman–Crippen LogP) is 3.16. The van der Waals surface area contributed by atoms with Crippen molar-refractivity contribution in [3.05, 3.63) is 23.5 Å². The molecule has 1 aromatic heterocycles. The second-order valence-corrected chi connectivity index (χ2v) is 5.62. The van der Waals surface area contributed by atoms with E-state index in [0.29, 0.717) is 0 Å². The van der Waals surface area contributed by atoms with Gasteiger partial charge in [0, 0.05) is 18.9 Å². The molecule has 2 heterocycles. The molecule has 0 saturated carbocycles. The van der Waals surface area contributed by atoms with E-state index in [0.717, 1.165) is 25.2 Å². The first-order chi connectivity index (χ1) is 9.08. The molecular weight excluding hydrogens is 275 g/mol. The molecule has 1 unspecified atom stereocenters. The fourth-order valence-electron chi connectivity index (χ4n) is 2.45. The van der Waals surface area contributed by atoms with E-state index in [2.05, 4.69) is 0 Å². The largest absolute Gasteiger partial charge is 0.478 e. The molecule has 0 spiro atoms. The van der Waals surface area contributed by atoms with Gasteiger partial charge in [0.1, 0.15) is 0 Å². The number of hydrogen-bond donors (Lipinski definition) is 1. The number of nitrogens with zero attached hydrogens (tertiary/aromatic N) is 1. The van der Waals surface area contributed by atoms with Gasteiger partial charge < -0.3 is 14.4 Å². The van der Waals surface area contributed by atoms with Gasteiger partial charge in [0.05, 0.1) is 22.8 Å². The summed E-state index contributed by atoms with van der Waals surface area (Å²) in [7, 11) is 0. The maximum absolute atomic E-state index is 12.8. The fourth-order valence-corrected chi connectivity index (χ4v) is 2.45. The monoisotopic (exact) mass is 291 g/mol. The molecule has 2 rings (SSSR count). The van der Waals surface area contributed by atoms with Crippen molar-refractivity contribution in [1.82, 2.24) is 4.57 Å². The van der Waals surface area contributed by atoms with Crippen molar-refractivity contribution in [3.63, 3.8) is 0 Å². The lowest BCUT2D eigenvalue weighted by Gasteiger charge is -2.19. The summed E-state index contributed by atoms with van der Waals surface area (Å²) in [5.41, 5.74) is -2.13. The molecule has 0 aromatic carbocycles. The van der Waals surface area contributed by atoms with Crippen molar-refractivity contribution in [3.8, 4) is 0 Å². The normalized spacial score (nSPS) is 22.1. The molecule has 4 nitrogen and oxygen atoms in total. The topological polar surface area (TPSA) is 51.5 Å². The van der Waals surface area contributed by atoms with Gasteiger partial charge in [0.2, 0.25) is 0 Å². The number of aromatic carboxylic acids is 1. The zero-order valence-corrected chi connectivity index (χ0v) is 11.2. The Morgan fingerprint density at radius 1 is 1.50 bits per heavy atom. The Labute approximate surface area is 114 Å². The summed E-state index contributed by atoms with van der Waals surface area (Å²) < 4.78 is 45.2. The number of carboxylic acids is 1. The van der Waals surface area contributed by atoms with Crippen LogP contribution in [0.25, 0.3) is 0 Å². The second kappa shape index (κ2) is 4.80. The van der Waals surface area contributed by atoms with Crippen LogP contribution in [-0.4, -0.2) is 27.3 Å². The third kappa shape index (κ3) is 3.15. The standard InChI is InChI=1S/C13H16F3NO3/c1-12(2)4-3-8(20-12)5-17-6-9(11(18)19)10(7-17)13(14,15)16/h6-8H,3-5H2,1-2H3,(H,18,19). The van der Waals surface area contributed by atoms with Gasteiger partial charge in [-0.2, -0.15) is 13.2 Å². The van der Waals surface area contributed by atoms with Gasteiger partial charge in [0.15, 0.2) is 0 Å². The van der Waals surface area contributed by atoms with E-state index >= 15 is 0 Å². The SMILES string of the molecule is CC1(C)CCC(Cn2cc(C(=O)O)c(C(F)(F)F)c2)O1. The van der Waals surface area contributed by atoms with Crippen LogP contribution in [-0.2, 0) is 17.5 Å². The highest BCUT2D eigenvalue weighted by atomic mass is 19.4. The number of aromatic nitrogens is 1. The summed E-state index contributed by atoms with van der Waals surface area (Å²) in [5.74, 6) is -1.58. The van der Waals surface area contributed by atoms with Crippen molar-refractivity contribution in [1.29, 1.82) is 0 Å². The fraction of sp³-hybridized carbons (Fsp3) is 0.615. The molecule has 1 aliphatic heterocycles. The van der Waals surface area contributed by atoms with E-state index in [4.69, 9.17) is 9.84 Å². The number of rotatable bonds is 3. The van der Waals surface area contributed by atoms with E-state index in [1.807, 2.05) is 13.8 Å². The molecule has 0 aliphatic carbocycles.